The molecule has 1 aliphatic heterocycles. The molecule has 9 heteroatoms. The van der Waals surface area contributed by atoms with Crippen LogP contribution in [-0.4, -0.2) is 55.7 Å². The second kappa shape index (κ2) is 10.1. The number of fused-ring (bicyclic) bond motifs is 1. The molecule has 1 fully saturated rings. The molecular formula is C25H32N4O5. The fraction of sp³-hybridized carbons (Fsp3) is 0.480. The summed E-state index contributed by atoms with van der Waals surface area (Å²) in [5, 5.41) is 22.0. The first kappa shape index (κ1) is 24.1. The highest BCUT2D eigenvalue weighted by atomic mass is 16.5. The minimum Gasteiger partial charge on any atom is -0.480 e. The molecule has 0 saturated carbocycles. The number of hydrogen-bond donors (Lipinski definition) is 3. The highest BCUT2D eigenvalue weighted by Gasteiger charge is 2.23. The molecule has 1 saturated heterocycles. The van der Waals surface area contributed by atoms with Gasteiger partial charge in [0.05, 0.1) is 23.7 Å². The molecule has 0 radical (unpaired) electrons. The quantitative estimate of drug-likeness (QED) is 0.463. The van der Waals surface area contributed by atoms with Crippen LogP contribution in [-0.2, 0) is 29.7 Å². The van der Waals surface area contributed by atoms with E-state index in [0.717, 1.165) is 54.0 Å². The van der Waals surface area contributed by atoms with Gasteiger partial charge in [-0.2, -0.15) is 0 Å². The summed E-state index contributed by atoms with van der Waals surface area (Å²) < 4.78 is 9.47. The normalized spacial score (nSPS) is 18.2. The van der Waals surface area contributed by atoms with Gasteiger partial charge in [0.1, 0.15) is 11.9 Å². The van der Waals surface area contributed by atoms with Gasteiger partial charge in [0.25, 0.3) is 5.56 Å². The van der Waals surface area contributed by atoms with E-state index >= 15 is 0 Å². The SMILES string of the molecule is Cc1cc(-c2nc3ccc(CNC(C(=O)O)C(C)O)cc3n2CC2CCCOC2)cn(C)c1=O. The average Bonchev–Trinajstić information content (AvgIpc) is 3.15. The Hall–Kier alpha value is -3.01. The lowest BCUT2D eigenvalue weighted by Gasteiger charge is -2.24. The molecule has 1 aliphatic rings. The number of aliphatic carboxylic acids is 1. The molecule has 4 rings (SSSR count). The fourth-order valence-electron chi connectivity index (χ4n) is 4.59. The third kappa shape index (κ3) is 5.06. The molecule has 3 aromatic rings. The van der Waals surface area contributed by atoms with Gasteiger partial charge < -0.3 is 24.1 Å². The van der Waals surface area contributed by atoms with Gasteiger partial charge in [0, 0.05) is 50.0 Å². The second-order valence-corrected chi connectivity index (χ2v) is 9.22. The zero-order valence-electron chi connectivity index (χ0n) is 19.8. The minimum absolute atomic E-state index is 0.0356. The number of nitrogens with one attached hydrogen (secondary N) is 1. The number of carbonyl (C=O) groups is 1. The van der Waals surface area contributed by atoms with Gasteiger partial charge in [-0.15, -0.1) is 0 Å². The van der Waals surface area contributed by atoms with Crippen LogP contribution in [0.3, 0.4) is 0 Å². The summed E-state index contributed by atoms with van der Waals surface area (Å²) in [6.45, 7) is 5.77. The number of aryl methyl sites for hydroxylation is 2. The molecule has 3 atom stereocenters. The molecule has 2 aromatic heterocycles. The van der Waals surface area contributed by atoms with Crippen molar-refractivity contribution in [2.75, 3.05) is 13.2 Å². The molecule has 0 aliphatic carbocycles. The molecule has 0 bridgehead atoms. The zero-order chi connectivity index (χ0) is 24.4. The van der Waals surface area contributed by atoms with Crippen LogP contribution in [0.1, 0.15) is 30.9 Å². The smallest absolute Gasteiger partial charge is 0.323 e. The molecule has 9 nitrogen and oxygen atoms in total. The van der Waals surface area contributed by atoms with Crippen molar-refractivity contribution in [2.45, 2.75) is 51.9 Å². The molecule has 3 N–H and O–H groups in total. The number of carboxylic acid groups (broad SMARTS) is 1. The number of benzene rings is 1. The van der Waals surface area contributed by atoms with Crippen LogP contribution in [0.5, 0.6) is 0 Å². The Bertz CT molecular complexity index is 1210. The first-order chi connectivity index (χ1) is 16.2. The number of ether oxygens (including phenoxy) is 1. The maximum atomic E-state index is 12.2. The summed E-state index contributed by atoms with van der Waals surface area (Å²) in [7, 11) is 1.74. The van der Waals surface area contributed by atoms with E-state index in [1.54, 1.807) is 18.5 Å². The Kier molecular flexibility index (Phi) is 7.16. The van der Waals surface area contributed by atoms with Gasteiger partial charge in [-0.1, -0.05) is 6.07 Å². The predicted octanol–water partition coefficient (Wildman–Crippen LogP) is 2.06. The average molecular weight is 469 g/mol. The van der Waals surface area contributed by atoms with Gasteiger partial charge >= 0.3 is 5.97 Å². The summed E-state index contributed by atoms with van der Waals surface area (Å²) in [5.41, 5.74) is 4.15. The van der Waals surface area contributed by atoms with E-state index in [1.165, 1.54) is 6.92 Å². The number of aromatic nitrogens is 3. The Balaban J connectivity index is 1.75. The van der Waals surface area contributed by atoms with Crippen LogP contribution in [0.2, 0.25) is 0 Å². The molecule has 0 spiro atoms. The van der Waals surface area contributed by atoms with Crippen molar-refractivity contribution < 1.29 is 19.7 Å². The van der Waals surface area contributed by atoms with Crippen LogP contribution in [0.15, 0.2) is 35.3 Å². The number of nitrogens with zero attached hydrogens (tertiary/aromatic N) is 3. The predicted molar refractivity (Wildman–Crippen MR) is 129 cm³/mol. The van der Waals surface area contributed by atoms with E-state index in [9.17, 15) is 19.8 Å². The third-order valence-corrected chi connectivity index (χ3v) is 6.40. The maximum absolute atomic E-state index is 12.2. The molecule has 1 aromatic carbocycles. The van der Waals surface area contributed by atoms with Crippen molar-refractivity contribution in [1.82, 2.24) is 19.4 Å². The topological polar surface area (TPSA) is 119 Å². The van der Waals surface area contributed by atoms with Gasteiger partial charge in [0.2, 0.25) is 0 Å². The third-order valence-electron chi connectivity index (χ3n) is 6.40. The summed E-state index contributed by atoms with van der Waals surface area (Å²) in [5.74, 6) is 0.0504. The van der Waals surface area contributed by atoms with Gasteiger partial charge in [-0.3, -0.25) is 14.9 Å². The summed E-state index contributed by atoms with van der Waals surface area (Å²) >= 11 is 0. The highest BCUT2D eigenvalue weighted by molar-refractivity contribution is 5.81. The number of rotatable bonds is 8. The van der Waals surface area contributed by atoms with Gasteiger partial charge in [-0.25, -0.2) is 4.98 Å². The standard InChI is InChI=1S/C25H32N4O5/c1-15-9-19(13-28(3)24(15)31)23-27-20-7-6-17(11-26-22(16(2)30)25(32)33)10-21(20)29(23)12-18-5-4-8-34-14-18/h6-7,9-10,13,16,18,22,26,30H,4-5,8,11-12,14H2,1-3H3,(H,32,33). The van der Waals surface area contributed by atoms with Crippen molar-refractivity contribution in [3.8, 4) is 11.4 Å². The summed E-state index contributed by atoms with van der Waals surface area (Å²) in [6.07, 6.45) is 2.89. The van der Waals surface area contributed by atoms with Crippen molar-refractivity contribution in [3.05, 3.63) is 51.9 Å². The van der Waals surface area contributed by atoms with Crippen molar-refractivity contribution in [2.24, 2.45) is 13.0 Å². The largest absolute Gasteiger partial charge is 0.480 e. The monoisotopic (exact) mass is 468 g/mol. The molecule has 34 heavy (non-hydrogen) atoms. The van der Waals surface area contributed by atoms with Gasteiger partial charge in [-0.05, 0) is 50.5 Å². The molecule has 3 heterocycles. The number of aliphatic hydroxyl groups excluding tert-OH is 1. The Labute approximate surface area is 198 Å². The van der Waals surface area contributed by atoms with Crippen LogP contribution < -0.4 is 10.9 Å². The first-order valence-electron chi connectivity index (χ1n) is 11.6. The van der Waals surface area contributed by atoms with E-state index < -0.39 is 18.1 Å². The number of pyridine rings is 1. The summed E-state index contributed by atoms with van der Waals surface area (Å²) in [6, 6.07) is 6.67. The Morgan fingerprint density at radius 3 is 2.79 bits per heavy atom. The lowest BCUT2D eigenvalue weighted by atomic mass is 10.0. The Morgan fingerprint density at radius 1 is 1.35 bits per heavy atom. The van der Waals surface area contributed by atoms with Crippen molar-refractivity contribution in [1.29, 1.82) is 0 Å². The number of carboxylic acids is 1. The second-order valence-electron chi connectivity index (χ2n) is 9.22. The number of aliphatic hydroxyl groups is 1. The van der Waals surface area contributed by atoms with Crippen LogP contribution >= 0.6 is 0 Å². The van der Waals surface area contributed by atoms with Crippen LogP contribution in [0.25, 0.3) is 22.4 Å². The van der Waals surface area contributed by atoms with E-state index in [4.69, 9.17) is 9.72 Å². The maximum Gasteiger partial charge on any atom is 0.323 e. The zero-order valence-corrected chi connectivity index (χ0v) is 19.8. The molecule has 182 valence electrons. The lowest BCUT2D eigenvalue weighted by Crippen LogP contribution is -2.44. The molecular weight excluding hydrogens is 436 g/mol. The minimum atomic E-state index is -1.09. The molecule has 0 amide bonds. The van der Waals surface area contributed by atoms with Crippen molar-refractivity contribution >= 4 is 17.0 Å². The van der Waals surface area contributed by atoms with E-state index in [2.05, 4.69) is 9.88 Å². The first-order valence-corrected chi connectivity index (χ1v) is 11.6. The van der Waals surface area contributed by atoms with E-state index in [1.807, 2.05) is 30.5 Å². The van der Waals surface area contributed by atoms with E-state index in [-0.39, 0.29) is 5.56 Å². The fourth-order valence-corrected chi connectivity index (χ4v) is 4.59. The summed E-state index contributed by atoms with van der Waals surface area (Å²) in [4.78, 5) is 28.6. The highest BCUT2D eigenvalue weighted by Crippen LogP contribution is 2.28. The number of imidazole rings is 1. The van der Waals surface area contributed by atoms with Crippen LogP contribution in [0, 0.1) is 12.8 Å². The van der Waals surface area contributed by atoms with Gasteiger partial charge in [0.15, 0.2) is 0 Å². The van der Waals surface area contributed by atoms with E-state index in [0.29, 0.717) is 24.6 Å². The number of hydrogen-bond acceptors (Lipinski definition) is 6. The van der Waals surface area contributed by atoms with Crippen molar-refractivity contribution in [3.63, 3.8) is 0 Å². The molecule has 3 unspecified atom stereocenters. The Morgan fingerprint density at radius 2 is 2.15 bits per heavy atom. The lowest BCUT2D eigenvalue weighted by molar-refractivity contribution is -0.142. The van der Waals surface area contributed by atoms with Crippen LogP contribution in [0.4, 0.5) is 0 Å².